The summed E-state index contributed by atoms with van der Waals surface area (Å²) in [5.41, 5.74) is 3.48. The molecule has 2 aliphatic heterocycles. The van der Waals surface area contributed by atoms with Gasteiger partial charge in [-0.2, -0.15) is 0 Å². The molecule has 2 heterocycles. The molecule has 0 unspecified atom stereocenters. The minimum absolute atomic E-state index is 0.261. The highest BCUT2D eigenvalue weighted by molar-refractivity contribution is 5.98. The fraction of sp³-hybridized carbons (Fsp3) is 0.588. The lowest BCUT2D eigenvalue weighted by molar-refractivity contribution is 0.0766. The molecule has 1 saturated carbocycles. The van der Waals surface area contributed by atoms with Gasteiger partial charge in [0.25, 0.3) is 5.91 Å². The van der Waals surface area contributed by atoms with E-state index >= 15 is 0 Å². The van der Waals surface area contributed by atoms with Crippen LogP contribution in [-0.2, 0) is 13.0 Å². The van der Waals surface area contributed by atoms with Crippen LogP contribution in [-0.4, -0.2) is 54.5 Å². The Hall–Kier alpha value is -1.39. The largest absolute Gasteiger partial charge is 0.331 e. The Kier molecular flexibility index (Phi) is 3.43. The van der Waals surface area contributed by atoms with Gasteiger partial charge in [-0.05, 0) is 36.5 Å². The van der Waals surface area contributed by atoms with Gasteiger partial charge < -0.3 is 15.1 Å². The molecule has 1 N–H and O–H groups in total. The van der Waals surface area contributed by atoms with Crippen LogP contribution in [0.25, 0.3) is 0 Å². The van der Waals surface area contributed by atoms with E-state index in [2.05, 4.69) is 33.3 Å². The molecule has 1 aromatic rings. The lowest BCUT2D eigenvalue weighted by Crippen LogP contribution is -2.44. The van der Waals surface area contributed by atoms with Gasteiger partial charge in [0.2, 0.25) is 0 Å². The minimum Gasteiger partial charge on any atom is -0.331 e. The maximum Gasteiger partial charge on any atom is 0.254 e. The Morgan fingerprint density at radius 1 is 1.19 bits per heavy atom. The molecule has 1 aliphatic carbocycles. The quantitative estimate of drug-likeness (QED) is 0.904. The van der Waals surface area contributed by atoms with Gasteiger partial charge >= 0.3 is 0 Å². The Balaban J connectivity index is 1.42. The van der Waals surface area contributed by atoms with E-state index in [1.807, 2.05) is 0 Å². The molecule has 0 radical (unpaired) electrons. The van der Waals surface area contributed by atoms with Gasteiger partial charge in [0.15, 0.2) is 0 Å². The van der Waals surface area contributed by atoms with Gasteiger partial charge in [0.1, 0.15) is 0 Å². The molecule has 0 atom stereocenters. The molecule has 0 spiro atoms. The van der Waals surface area contributed by atoms with Gasteiger partial charge in [-0.1, -0.05) is 12.1 Å². The van der Waals surface area contributed by atoms with E-state index in [4.69, 9.17) is 0 Å². The number of nitrogens with one attached hydrogen (secondary N) is 1. The van der Waals surface area contributed by atoms with Gasteiger partial charge in [-0.25, -0.2) is 0 Å². The maximum atomic E-state index is 12.4. The molecule has 0 aromatic heterocycles. The first-order valence-corrected chi connectivity index (χ1v) is 8.17. The first-order valence-electron chi connectivity index (χ1n) is 8.17. The zero-order valence-corrected chi connectivity index (χ0v) is 12.5. The first kappa shape index (κ1) is 13.3. The summed E-state index contributed by atoms with van der Waals surface area (Å²) in [5.74, 6) is 0.261. The SMILES string of the molecule is O=C1c2cc(CCN3CCNCC3)ccc2CN1C1CC1. The predicted molar refractivity (Wildman–Crippen MR) is 82.4 cm³/mol. The number of benzene rings is 1. The lowest BCUT2D eigenvalue weighted by Gasteiger charge is -2.27. The van der Waals surface area contributed by atoms with Gasteiger partial charge in [-0.15, -0.1) is 0 Å². The Morgan fingerprint density at radius 3 is 2.76 bits per heavy atom. The molecule has 112 valence electrons. The molecule has 4 heteroatoms. The van der Waals surface area contributed by atoms with E-state index in [0.29, 0.717) is 6.04 Å². The highest BCUT2D eigenvalue weighted by atomic mass is 16.2. The third-order valence-electron chi connectivity index (χ3n) is 4.92. The maximum absolute atomic E-state index is 12.4. The average Bonchev–Trinajstić information content (AvgIpc) is 3.32. The van der Waals surface area contributed by atoms with Crippen LogP contribution < -0.4 is 5.32 Å². The highest BCUT2D eigenvalue weighted by Crippen LogP contribution is 2.34. The number of fused-ring (bicyclic) bond motifs is 1. The lowest BCUT2D eigenvalue weighted by atomic mass is 10.0. The molecule has 1 saturated heterocycles. The van der Waals surface area contributed by atoms with Gasteiger partial charge in [-0.3, -0.25) is 4.79 Å². The van der Waals surface area contributed by atoms with Crippen molar-refractivity contribution in [2.24, 2.45) is 0 Å². The molecule has 21 heavy (non-hydrogen) atoms. The van der Waals surface area contributed by atoms with Crippen molar-refractivity contribution in [2.75, 3.05) is 32.7 Å². The van der Waals surface area contributed by atoms with Crippen molar-refractivity contribution < 1.29 is 4.79 Å². The zero-order valence-electron chi connectivity index (χ0n) is 12.5. The fourth-order valence-electron chi connectivity index (χ4n) is 3.43. The zero-order chi connectivity index (χ0) is 14.2. The summed E-state index contributed by atoms with van der Waals surface area (Å²) in [7, 11) is 0. The second-order valence-corrected chi connectivity index (χ2v) is 6.50. The molecule has 0 bridgehead atoms. The Bertz CT molecular complexity index is 547. The van der Waals surface area contributed by atoms with Crippen molar-refractivity contribution in [1.29, 1.82) is 0 Å². The van der Waals surface area contributed by atoms with Crippen molar-refractivity contribution in [1.82, 2.24) is 15.1 Å². The standard InChI is InChI=1S/C17H23N3O/c21-17-16-11-13(5-8-19-9-6-18-7-10-19)1-2-14(16)12-20(17)15-3-4-15/h1-2,11,15,18H,3-10,12H2. The molecule has 4 nitrogen and oxygen atoms in total. The van der Waals surface area contributed by atoms with Crippen LogP contribution in [0.3, 0.4) is 0 Å². The van der Waals surface area contributed by atoms with Crippen molar-refractivity contribution in [3.63, 3.8) is 0 Å². The molecule has 1 aromatic carbocycles. The second-order valence-electron chi connectivity index (χ2n) is 6.50. The third-order valence-corrected chi connectivity index (χ3v) is 4.92. The number of piperazine rings is 1. The molecular formula is C17H23N3O. The Morgan fingerprint density at radius 2 is 2.00 bits per heavy atom. The van der Waals surface area contributed by atoms with Crippen LogP contribution in [0.5, 0.6) is 0 Å². The number of hydrogen-bond donors (Lipinski definition) is 1. The first-order chi connectivity index (χ1) is 10.3. The minimum atomic E-state index is 0.261. The number of nitrogens with zero attached hydrogens (tertiary/aromatic N) is 2. The number of amides is 1. The van der Waals surface area contributed by atoms with Crippen LogP contribution in [0.1, 0.15) is 34.3 Å². The molecular weight excluding hydrogens is 262 g/mol. The van der Waals surface area contributed by atoms with E-state index in [1.165, 1.54) is 24.0 Å². The smallest absolute Gasteiger partial charge is 0.254 e. The summed E-state index contributed by atoms with van der Waals surface area (Å²) in [6.45, 7) is 6.40. The van der Waals surface area contributed by atoms with E-state index in [0.717, 1.165) is 51.3 Å². The summed E-state index contributed by atoms with van der Waals surface area (Å²) in [6.07, 6.45) is 3.43. The van der Waals surface area contributed by atoms with E-state index in [9.17, 15) is 4.79 Å². The van der Waals surface area contributed by atoms with Crippen molar-refractivity contribution in [3.8, 4) is 0 Å². The van der Waals surface area contributed by atoms with E-state index in [-0.39, 0.29) is 5.91 Å². The van der Waals surface area contributed by atoms with Gasteiger partial charge in [0.05, 0.1) is 0 Å². The van der Waals surface area contributed by atoms with Crippen LogP contribution >= 0.6 is 0 Å². The summed E-state index contributed by atoms with van der Waals surface area (Å²) >= 11 is 0. The van der Waals surface area contributed by atoms with E-state index < -0.39 is 0 Å². The summed E-state index contributed by atoms with van der Waals surface area (Å²) in [5, 5.41) is 3.38. The topological polar surface area (TPSA) is 35.6 Å². The van der Waals surface area contributed by atoms with Crippen molar-refractivity contribution in [2.45, 2.75) is 31.8 Å². The average molecular weight is 285 g/mol. The Labute approximate surface area is 126 Å². The van der Waals surface area contributed by atoms with Crippen LogP contribution in [0.2, 0.25) is 0 Å². The van der Waals surface area contributed by atoms with Crippen molar-refractivity contribution >= 4 is 5.91 Å². The molecule has 1 amide bonds. The third kappa shape index (κ3) is 2.70. The molecule has 2 fully saturated rings. The van der Waals surface area contributed by atoms with Crippen LogP contribution in [0.15, 0.2) is 18.2 Å². The van der Waals surface area contributed by atoms with Crippen LogP contribution in [0, 0.1) is 0 Å². The fourth-order valence-corrected chi connectivity index (χ4v) is 3.43. The van der Waals surface area contributed by atoms with Crippen molar-refractivity contribution in [3.05, 3.63) is 34.9 Å². The summed E-state index contributed by atoms with van der Waals surface area (Å²) < 4.78 is 0. The van der Waals surface area contributed by atoms with Crippen LogP contribution in [0.4, 0.5) is 0 Å². The summed E-state index contributed by atoms with van der Waals surface area (Å²) in [6, 6.07) is 7.05. The van der Waals surface area contributed by atoms with E-state index in [1.54, 1.807) is 0 Å². The molecule has 4 rings (SSSR count). The number of hydrogen-bond acceptors (Lipinski definition) is 3. The normalized spacial score (nSPS) is 22.7. The van der Waals surface area contributed by atoms with Gasteiger partial charge in [0, 0.05) is 50.9 Å². The number of rotatable bonds is 4. The molecule has 3 aliphatic rings. The second kappa shape index (κ2) is 5.43. The number of carbonyl (C=O) groups is 1. The monoisotopic (exact) mass is 285 g/mol. The summed E-state index contributed by atoms with van der Waals surface area (Å²) in [4.78, 5) is 17.0. The number of carbonyl (C=O) groups excluding carboxylic acids is 1. The highest BCUT2D eigenvalue weighted by Gasteiger charge is 2.38. The predicted octanol–water partition coefficient (Wildman–Crippen LogP) is 1.25.